The summed E-state index contributed by atoms with van der Waals surface area (Å²) in [5, 5.41) is 2.01. The van der Waals surface area contributed by atoms with Crippen LogP contribution in [0.3, 0.4) is 0 Å². The molecule has 1 fully saturated rings. The molecule has 3 aliphatic carbocycles. The van der Waals surface area contributed by atoms with Crippen molar-refractivity contribution in [2.75, 3.05) is 4.90 Å². The van der Waals surface area contributed by atoms with E-state index < -0.39 is 17.3 Å². The van der Waals surface area contributed by atoms with E-state index in [0.717, 1.165) is 39.3 Å². The zero-order valence-corrected chi connectivity index (χ0v) is 17.6. The van der Waals surface area contributed by atoms with Crippen LogP contribution in [0.15, 0.2) is 91.0 Å². The number of aldehydes is 1. The fraction of sp³-hybridized carbons (Fsp3) is 0.138. The van der Waals surface area contributed by atoms with Gasteiger partial charge < -0.3 is 4.79 Å². The second-order valence-electron chi connectivity index (χ2n) is 9.19. The predicted molar refractivity (Wildman–Crippen MR) is 125 cm³/mol. The van der Waals surface area contributed by atoms with Crippen molar-refractivity contribution in [1.29, 1.82) is 0 Å². The Balaban J connectivity index is 1.48. The number of carbonyl (C=O) groups is 3. The molecule has 0 N–H and O–H groups in total. The van der Waals surface area contributed by atoms with Gasteiger partial charge in [0.05, 0.1) is 22.9 Å². The maximum Gasteiger partial charge on any atom is 0.239 e. The molecule has 0 aromatic heterocycles. The number of fused-ring (bicyclic) bond motifs is 1. The van der Waals surface area contributed by atoms with Gasteiger partial charge in [-0.1, -0.05) is 78.9 Å². The topological polar surface area (TPSA) is 54.5 Å². The van der Waals surface area contributed by atoms with Gasteiger partial charge in [0.25, 0.3) is 0 Å². The van der Waals surface area contributed by atoms with E-state index >= 15 is 0 Å². The lowest BCUT2D eigenvalue weighted by molar-refractivity contribution is -0.128. The van der Waals surface area contributed by atoms with Gasteiger partial charge >= 0.3 is 0 Å². The Hall–Kier alpha value is -4.05. The van der Waals surface area contributed by atoms with E-state index in [4.69, 9.17) is 0 Å². The summed E-state index contributed by atoms with van der Waals surface area (Å²) in [6, 6.07) is 29.1. The molecule has 4 aromatic carbocycles. The summed E-state index contributed by atoms with van der Waals surface area (Å²) in [4.78, 5) is 42.3. The van der Waals surface area contributed by atoms with Gasteiger partial charge in [0.2, 0.25) is 11.8 Å². The van der Waals surface area contributed by atoms with Gasteiger partial charge in [-0.2, -0.15) is 0 Å². The van der Waals surface area contributed by atoms with Gasteiger partial charge in [0.15, 0.2) is 0 Å². The van der Waals surface area contributed by atoms with Crippen LogP contribution in [0.25, 0.3) is 10.8 Å². The van der Waals surface area contributed by atoms with E-state index in [1.165, 1.54) is 4.90 Å². The lowest BCUT2D eigenvalue weighted by Crippen LogP contribution is -2.54. The number of nitrogens with zero attached hydrogens (tertiary/aromatic N) is 1. The molecule has 2 amide bonds. The first kappa shape index (κ1) is 18.5. The molecule has 1 heterocycles. The minimum atomic E-state index is -1.16. The standard InChI is InChI=1S/C29H19NO3/c31-16-29-22-11-5-3-9-20(22)24(21-10-4-6-12-23(21)29)25-26(29)28(33)30(27(25)32)19-14-13-17-7-1-2-8-18(17)15-19/h1-16,24-26H/t24?,25-,26+,29?/m1/s1. The van der Waals surface area contributed by atoms with Gasteiger partial charge in [-0.05, 0) is 45.2 Å². The summed E-state index contributed by atoms with van der Waals surface area (Å²) in [7, 11) is 0. The number of hydrogen-bond acceptors (Lipinski definition) is 3. The maximum absolute atomic E-state index is 14.0. The Morgan fingerprint density at radius 3 is 1.97 bits per heavy atom. The minimum Gasteiger partial charge on any atom is -0.302 e. The third-order valence-corrected chi connectivity index (χ3v) is 7.86. The molecular formula is C29H19NO3. The van der Waals surface area contributed by atoms with Crippen LogP contribution in [0.5, 0.6) is 0 Å². The lowest BCUT2D eigenvalue weighted by atomic mass is 9.48. The van der Waals surface area contributed by atoms with E-state index in [2.05, 4.69) is 0 Å². The van der Waals surface area contributed by atoms with Crippen LogP contribution in [0.1, 0.15) is 28.2 Å². The van der Waals surface area contributed by atoms with Crippen molar-refractivity contribution in [1.82, 2.24) is 0 Å². The molecule has 2 atom stereocenters. The smallest absolute Gasteiger partial charge is 0.239 e. The second-order valence-corrected chi connectivity index (χ2v) is 9.19. The Bertz CT molecular complexity index is 1470. The van der Waals surface area contributed by atoms with Crippen molar-refractivity contribution < 1.29 is 14.4 Å². The van der Waals surface area contributed by atoms with Crippen molar-refractivity contribution >= 4 is 34.6 Å². The summed E-state index contributed by atoms with van der Waals surface area (Å²) in [5.41, 5.74) is 3.06. The molecule has 158 valence electrons. The Morgan fingerprint density at radius 1 is 0.697 bits per heavy atom. The maximum atomic E-state index is 14.0. The van der Waals surface area contributed by atoms with Crippen molar-refractivity contribution in [3.8, 4) is 0 Å². The van der Waals surface area contributed by atoms with Crippen LogP contribution in [0.2, 0.25) is 0 Å². The number of amides is 2. The van der Waals surface area contributed by atoms with E-state index in [1.807, 2.05) is 91.0 Å². The quantitative estimate of drug-likeness (QED) is 0.346. The monoisotopic (exact) mass is 429 g/mol. The SMILES string of the molecule is O=CC12c3ccccc3C(c3ccccc31)[C@H]1C(=O)N(c3ccc4ccccc4c3)C(=O)[C@H]12. The molecule has 4 aliphatic rings. The zero-order valence-electron chi connectivity index (χ0n) is 17.6. The lowest BCUT2D eigenvalue weighted by Gasteiger charge is -2.51. The first-order chi connectivity index (χ1) is 16.2. The molecule has 4 nitrogen and oxygen atoms in total. The molecule has 1 aliphatic heterocycles. The second kappa shape index (κ2) is 6.26. The summed E-state index contributed by atoms with van der Waals surface area (Å²) in [6.07, 6.45) is 0.910. The van der Waals surface area contributed by atoms with Crippen LogP contribution in [0.4, 0.5) is 5.69 Å². The van der Waals surface area contributed by atoms with Crippen molar-refractivity contribution in [2.24, 2.45) is 11.8 Å². The van der Waals surface area contributed by atoms with Gasteiger partial charge in [0, 0.05) is 5.92 Å². The summed E-state index contributed by atoms with van der Waals surface area (Å²) in [6.45, 7) is 0. The summed E-state index contributed by atoms with van der Waals surface area (Å²) < 4.78 is 0. The minimum absolute atomic E-state index is 0.222. The van der Waals surface area contributed by atoms with Crippen molar-refractivity contribution in [3.05, 3.63) is 113 Å². The normalized spacial score (nSPS) is 26.8. The molecule has 33 heavy (non-hydrogen) atoms. The van der Waals surface area contributed by atoms with Gasteiger partial charge in [0.1, 0.15) is 6.29 Å². The average molecular weight is 429 g/mol. The number of rotatable bonds is 2. The van der Waals surface area contributed by atoms with Gasteiger partial charge in [-0.25, -0.2) is 4.90 Å². The first-order valence-corrected chi connectivity index (χ1v) is 11.2. The van der Waals surface area contributed by atoms with Gasteiger partial charge in [-0.15, -0.1) is 0 Å². The molecule has 4 heteroatoms. The largest absolute Gasteiger partial charge is 0.302 e. The van der Waals surface area contributed by atoms with Crippen LogP contribution in [-0.2, 0) is 19.8 Å². The highest BCUT2D eigenvalue weighted by atomic mass is 16.2. The molecular weight excluding hydrogens is 410 g/mol. The first-order valence-electron chi connectivity index (χ1n) is 11.2. The fourth-order valence-electron chi connectivity index (χ4n) is 6.60. The molecule has 0 radical (unpaired) electrons. The Labute approximate surface area is 190 Å². The molecule has 0 spiro atoms. The third kappa shape index (κ3) is 2.09. The molecule has 8 rings (SSSR count). The van der Waals surface area contributed by atoms with E-state index in [1.54, 1.807) is 0 Å². The van der Waals surface area contributed by atoms with E-state index in [9.17, 15) is 14.4 Å². The van der Waals surface area contributed by atoms with Crippen LogP contribution in [-0.4, -0.2) is 18.1 Å². The fourth-order valence-corrected chi connectivity index (χ4v) is 6.60. The number of imide groups is 1. The highest BCUT2D eigenvalue weighted by Gasteiger charge is 2.68. The number of carbonyl (C=O) groups excluding carboxylic acids is 3. The number of anilines is 1. The molecule has 4 aromatic rings. The van der Waals surface area contributed by atoms with Crippen molar-refractivity contribution in [2.45, 2.75) is 11.3 Å². The van der Waals surface area contributed by atoms with E-state index in [0.29, 0.717) is 5.69 Å². The molecule has 0 unspecified atom stereocenters. The summed E-state index contributed by atoms with van der Waals surface area (Å²) in [5.74, 6) is -2.10. The zero-order chi connectivity index (χ0) is 22.3. The predicted octanol–water partition coefficient (Wildman–Crippen LogP) is 4.59. The van der Waals surface area contributed by atoms with Crippen LogP contribution >= 0.6 is 0 Å². The van der Waals surface area contributed by atoms with E-state index in [-0.39, 0.29) is 17.7 Å². The molecule has 2 bridgehead atoms. The highest BCUT2D eigenvalue weighted by Crippen LogP contribution is 2.63. The van der Waals surface area contributed by atoms with Crippen LogP contribution in [0, 0.1) is 11.8 Å². The third-order valence-electron chi connectivity index (χ3n) is 7.86. The highest BCUT2D eigenvalue weighted by molar-refractivity contribution is 6.25. The van der Waals surface area contributed by atoms with Gasteiger partial charge in [-0.3, -0.25) is 9.59 Å². The molecule has 0 saturated carbocycles. The Morgan fingerprint density at radius 2 is 1.30 bits per heavy atom. The number of benzene rings is 4. The Kier molecular flexibility index (Phi) is 3.51. The molecule has 1 saturated heterocycles. The number of hydrogen-bond donors (Lipinski definition) is 0. The average Bonchev–Trinajstić information content (AvgIpc) is 3.14. The van der Waals surface area contributed by atoms with Crippen molar-refractivity contribution in [3.63, 3.8) is 0 Å². The van der Waals surface area contributed by atoms with Crippen LogP contribution < -0.4 is 4.90 Å². The summed E-state index contributed by atoms with van der Waals surface area (Å²) >= 11 is 0.